The SMILES string of the molecule is FC(F)(F)Oc1ccc(CNCC2CCCCC2Cl)cc1. The Kier molecular flexibility index (Phi) is 5.76. The van der Waals surface area contributed by atoms with Gasteiger partial charge in [-0.15, -0.1) is 24.8 Å². The van der Waals surface area contributed by atoms with Gasteiger partial charge in [0, 0.05) is 11.9 Å². The molecule has 0 aliphatic heterocycles. The van der Waals surface area contributed by atoms with E-state index in [9.17, 15) is 13.2 Å². The van der Waals surface area contributed by atoms with Crippen LogP contribution in [0.5, 0.6) is 5.75 Å². The fraction of sp³-hybridized carbons (Fsp3) is 0.600. The van der Waals surface area contributed by atoms with Crippen molar-refractivity contribution in [2.24, 2.45) is 5.92 Å². The van der Waals surface area contributed by atoms with Crippen LogP contribution in [0.2, 0.25) is 0 Å². The molecule has 2 unspecified atom stereocenters. The molecule has 21 heavy (non-hydrogen) atoms. The van der Waals surface area contributed by atoms with Gasteiger partial charge in [0.1, 0.15) is 5.75 Å². The van der Waals surface area contributed by atoms with Crippen molar-refractivity contribution < 1.29 is 17.9 Å². The molecule has 2 rings (SSSR count). The van der Waals surface area contributed by atoms with Crippen molar-refractivity contribution in [3.63, 3.8) is 0 Å². The zero-order valence-corrected chi connectivity index (χ0v) is 12.4. The van der Waals surface area contributed by atoms with E-state index < -0.39 is 6.36 Å². The van der Waals surface area contributed by atoms with Crippen LogP contribution in [0.4, 0.5) is 13.2 Å². The predicted octanol–water partition coefficient (Wildman–Crippen LogP) is 4.47. The third-order valence-electron chi connectivity index (χ3n) is 3.71. The van der Waals surface area contributed by atoms with Crippen molar-refractivity contribution >= 4 is 11.6 Å². The minimum Gasteiger partial charge on any atom is -0.406 e. The first-order chi connectivity index (χ1) is 9.94. The van der Waals surface area contributed by atoms with Gasteiger partial charge in [0.2, 0.25) is 0 Å². The molecule has 0 saturated heterocycles. The van der Waals surface area contributed by atoms with Gasteiger partial charge in [-0.25, -0.2) is 0 Å². The molecule has 0 aromatic heterocycles. The maximum absolute atomic E-state index is 12.0. The summed E-state index contributed by atoms with van der Waals surface area (Å²) in [6, 6.07) is 5.92. The number of benzene rings is 1. The van der Waals surface area contributed by atoms with Gasteiger partial charge in [-0.2, -0.15) is 0 Å². The molecule has 1 saturated carbocycles. The first kappa shape index (κ1) is 16.4. The summed E-state index contributed by atoms with van der Waals surface area (Å²) < 4.78 is 40.0. The molecule has 1 N–H and O–H groups in total. The van der Waals surface area contributed by atoms with Crippen LogP contribution in [-0.2, 0) is 6.54 Å². The van der Waals surface area contributed by atoms with Gasteiger partial charge in [-0.05, 0) is 43.0 Å². The van der Waals surface area contributed by atoms with Crippen molar-refractivity contribution in [3.05, 3.63) is 29.8 Å². The molecule has 2 nitrogen and oxygen atoms in total. The second kappa shape index (κ2) is 7.36. The lowest BCUT2D eigenvalue weighted by Gasteiger charge is -2.27. The van der Waals surface area contributed by atoms with E-state index in [1.54, 1.807) is 12.1 Å². The Morgan fingerprint density at radius 1 is 1.14 bits per heavy atom. The molecule has 0 radical (unpaired) electrons. The third kappa shape index (κ3) is 5.75. The molecule has 1 aliphatic carbocycles. The molecular weight excluding hydrogens is 303 g/mol. The fourth-order valence-electron chi connectivity index (χ4n) is 2.60. The molecule has 1 aliphatic rings. The van der Waals surface area contributed by atoms with Crippen molar-refractivity contribution in [1.82, 2.24) is 5.32 Å². The Hall–Kier alpha value is -0.940. The van der Waals surface area contributed by atoms with E-state index in [0.717, 1.165) is 24.9 Å². The average molecular weight is 322 g/mol. The van der Waals surface area contributed by atoms with Crippen LogP contribution in [0.3, 0.4) is 0 Å². The number of rotatable bonds is 5. The summed E-state index contributed by atoms with van der Waals surface area (Å²) in [5.41, 5.74) is 0.923. The molecule has 0 spiro atoms. The Labute approximate surface area is 127 Å². The minimum absolute atomic E-state index is 0.195. The smallest absolute Gasteiger partial charge is 0.406 e. The molecular formula is C15H19ClF3NO. The van der Waals surface area contributed by atoms with Crippen LogP contribution in [-0.4, -0.2) is 18.3 Å². The maximum atomic E-state index is 12.0. The third-order valence-corrected chi connectivity index (χ3v) is 4.28. The summed E-state index contributed by atoms with van der Waals surface area (Å²) in [7, 11) is 0. The minimum atomic E-state index is -4.64. The van der Waals surface area contributed by atoms with Crippen LogP contribution in [0.15, 0.2) is 24.3 Å². The quantitative estimate of drug-likeness (QED) is 0.808. The lowest BCUT2D eigenvalue weighted by Crippen LogP contribution is -2.30. The van der Waals surface area contributed by atoms with Gasteiger partial charge in [0.15, 0.2) is 0 Å². The van der Waals surface area contributed by atoms with Crippen molar-refractivity contribution in [3.8, 4) is 5.75 Å². The first-order valence-electron chi connectivity index (χ1n) is 7.13. The van der Waals surface area contributed by atoms with Crippen molar-refractivity contribution in [2.75, 3.05) is 6.54 Å². The van der Waals surface area contributed by atoms with Crippen LogP contribution < -0.4 is 10.1 Å². The highest BCUT2D eigenvalue weighted by atomic mass is 35.5. The zero-order valence-electron chi connectivity index (χ0n) is 11.6. The Morgan fingerprint density at radius 3 is 2.43 bits per heavy atom. The zero-order chi connectivity index (χ0) is 15.3. The van der Waals surface area contributed by atoms with Gasteiger partial charge in [0.05, 0.1) is 0 Å². The summed E-state index contributed by atoms with van der Waals surface area (Å²) in [4.78, 5) is 0. The molecule has 0 amide bonds. The van der Waals surface area contributed by atoms with E-state index in [4.69, 9.17) is 11.6 Å². The standard InChI is InChI=1S/C15H19ClF3NO/c16-14-4-2-1-3-12(14)10-20-9-11-5-7-13(8-6-11)21-15(17,18)19/h5-8,12,14,20H,1-4,9-10H2. The lowest BCUT2D eigenvalue weighted by atomic mass is 9.89. The van der Waals surface area contributed by atoms with Gasteiger partial charge in [-0.1, -0.05) is 25.0 Å². The van der Waals surface area contributed by atoms with E-state index in [1.807, 2.05) is 0 Å². The molecule has 6 heteroatoms. The monoisotopic (exact) mass is 321 g/mol. The van der Waals surface area contributed by atoms with E-state index in [2.05, 4.69) is 10.1 Å². The lowest BCUT2D eigenvalue weighted by molar-refractivity contribution is -0.274. The van der Waals surface area contributed by atoms with Crippen LogP contribution in [0.1, 0.15) is 31.2 Å². The van der Waals surface area contributed by atoms with Crippen molar-refractivity contribution in [1.29, 1.82) is 0 Å². The molecule has 1 aromatic carbocycles. The average Bonchev–Trinajstić information content (AvgIpc) is 2.41. The second-order valence-corrected chi connectivity index (χ2v) is 5.94. The molecule has 0 bridgehead atoms. The van der Waals surface area contributed by atoms with Gasteiger partial charge in [-0.3, -0.25) is 0 Å². The molecule has 0 heterocycles. The fourth-order valence-corrected chi connectivity index (χ4v) is 2.97. The molecule has 1 aromatic rings. The van der Waals surface area contributed by atoms with Crippen LogP contribution >= 0.6 is 11.6 Å². The highest BCUT2D eigenvalue weighted by Crippen LogP contribution is 2.28. The number of nitrogens with one attached hydrogen (secondary N) is 1. The summed E-state index contributed by atoms with van der Waals surface area (Å²) in [5, 5.41) is 3.55. The Morgan fingerprint density at radius 2 is 1.81 bits per heavy atom. The van der Waals surface area contributed by atoms with Crippen molar-refractivity contribution in [2.45, 2.75) is 44.0 Å². The first-order valence-corrected chi connectivity index (χ1v) is 7.57. The largest absolute Gasteiger partial charge is 0.573 e. The number of alkyl halides is 4. The topological polar surface area (TPSA) is 21.3 Å². The van der Waals surface area contributed by atoms with E-state index >= 15 is 0 Å². The summed E-state index contributed by atoms with van der Waals surface area (Å²) >= 11 is 6.28. The highest BCUT2D eigenvalue weighted by molar-refractivity contribution is 6.20. The highest BCUT2D eigenvalue weighted by Gasteiger charge is 2.30. The van der Waals surface area contributed by atoms with Crippen LogP contribution in [0, 0.1) is 5.92 Å². The normalized spacial score (nSPS) is 23.0. The Bertz CT molecular complexity index is 436. The second-order valence-electron chi connectivity index (χ2n) is 5.38. The predicted molar refractivity (Wildman–Crippen MR) is 76.4 cm³/mol. The van der Waals surface area contributed by atoms with E-state index in [0.29, 0.717) is 12.5 Å². The van der Waals surface area contributed by atoms with E-state index in [-0.39, 0.29) is 11.1 Å². The van der Waals surface area contributed by atoms with Crippen LogP contribution in [0.25, 0.3) is 0 Å². The number of ether oxygens (including phenoxy) is 1. The Balaban J connectivity index is 1.76. The van der Waals surface area contributed by atoms with Gasteiger partial charge < -0.3 is 10.1 Å². The number of halogens is 4. The van der Waals surface area contributed by atoms with Gasteiger partial charge in [0.25, 0.3) is 0 Å². The number of hydrogen-bond donors (Lipinski definition) is 1. The van der Waals surface area contributed by atoms with Gasteiger partial charge >= 0.3 is 6.36 Å². The summed E-state index contributed by atoms with van der Waals surface area (Å²) in [6.07, 6.45) is -0.0165. The molecule has 2 atom stereocenters. The summed E-state index contributed by atoms with van der Waals surface area (Å²) in [5.74, 6) is 0.285. The maximum Gasteiger partial charge on any atom is 0.573 e. The summed E-state index contributed by atoms with van der Waals surface area (Å²) in [6.45, 7) is 1.46. The number of hydrogen-bond acceptors (Lipinski definition) is 2. The molecule has 1 fully saturated rings. The molecule has 118 valence electrons. The van der Waals surface area contributed by atoms with E-state index in [1.165, 1.54) is 25.0 Å².